The largest absolute Gasteiger partial charge is 0.335 e. The van der Waals surface area contributed by atoms with Crippen LogP contribution in [0.1, 0.15) is 153 Å². The molecule has 0 aromatic heterocycles. The molecular formula is C55H62BN3. The maximum Gasteiger partial charge on any atom is 0.252 e. The fourth-order valence-electron chi connectivity index (χ4n) is 14.7. The molecule has 3 nitrogen and oxygen atoms in total. The van der Waals surface area contributed by atoms with Crippen molar-refractivity contribution in [3.8, 4) is 0 Å². The van der Waals surface area contributed by atoms with Crippen LogP contribution in [0.3, 0.4) is 0 Å². The van der Waals surface area contributed by atoms with E-state index in [1.807, 2.05) is 0 Å². The summed E-state index contributed by atoms with van der Waals surface area (Å²) in [7, 11) is 0. The van der Waals surface area contributed by atoms with Crippen molar-refractivity contribution < 1.29 is 0 Å². The molecule has 0 spiro atoms. The molecule has 0 bridgehead atoms. The number of benzene rings is 5. The monoisotopic (exact) mass is 776 g/mol. The summed E-state index contributed by atoms with van der Waals surface area (Å²) in [5.74, 6) is 0. The van der Waals surface area contributed by atoms with Crippen molar-refractivity contribution >= 4 is 62.9 Å². The van der Waals surface area contributed by atoms with Crippen molar-refractivity contribution in [2.24, 2.45) is 0 Å². The second-order valence-electron chi connectivity index (χ2n) is 22.5. The van der Waals surface area contributed by atoms with Gasteiger partial charge in [-0.05, 0) is 127 Å². The quantitative estimate of drug-likeness (QED) is 0.157. The van der Waals surface area contributed by atoms with E-state index in [4.69, 9.17) is 0 Å². The van der Waals surface area contributed by atoms with E-state index in [0.717, 1.165) is 0 Å². The summed E-state index contributed by atoms with van der Waals surface area (Å²) in [5.41, 5.74) is 24.7. The van der Waals surface area contributed by atoms with E-state index >= 15 is 0 Å². The molecule has 4 unspecified atom stereocenters. The van der Waals surface area contributed by atoms with E-state index in [-0.39, 0.29) is 39.5 Å². The Kier molecular flexibility index (Phi) is 6.84. The van der Waals surface area contributed by atoms with Crippen LogP contribution in [0.2, 0.25) is 0 Å². The fraction of sp³-hybridized carbons (Fsp3) is 0.455. The van der Waals surface area contributed by atoms with Crippen molar-refractivity contribution in [1.82, 2.24) is 0 Å². The van der Waals surface area contributed by atoms with Gasteiger partial charge < -0.3 is 14.7 Å². The van der Waals surface area contributed by atoms with Gasteiger partial charge in [-0.2, -0.15) is 0 Å². The zero-order valence-electron chi connectivity index (χ0n) is 37.6. The number of rotatable bonds is 1. The van der Waals surface area contributed by atoms with Gasteiger partial charge in [0.25, 0.3) is 6.71 Å². The number of hydrogen-bond acceptors (Lipinski definition) is 3. The highest BCUT2D eigenvalue weighted by Gasteiger charge is 2.65. The molecule has 0 amide bonds. The summed E-state index contributed by atoms with van der Waals surface area (Å²) in [4.78, 5) is 8.57. The fourth-order valence-corrected chi connectivity index (χ4v) is 14.7. The molecule has 2 fully saturated rings. The van der Waals surface area contributed by atoms with E-state index in [1.165, 1.54) is 130 Å². The lowest BCUT2D eigenvalue weighted by Crippen LogP contribution is -2.66. The van der Waals surface area contributed by atoms with Crippen LogP contribution in [0.5, 0.6) is 0 Å². The first-order chi connectivity index (χ1) is 28.0. The minimum Gasteiger partial charge on any atom is -0.335 e. The molecule has 2 saturated carbocycles. The van der Waals surface area contributed by atoms with Crippen molar-refractivity contribution in [2.45, 2.75) is 160 Å². The van der Waals surface area contributed by atoms with Crippen LogP contribution in [0.4, 0.5) is 39.8 Å². The predicted molar refractivity (Wildman–Crippen MR) is 252 cm³/mol. The van der Waals surface area contributed by atoms with Crippen LogP contribution in [0, 0.1) is 13.8 Å². The van der Waals surface area contributed by atoms with E-state index in [9.17, 15) is 0 Å². The highest BCUT2D eigenvalue weighted by molar-refractivity contribution is 7.00. The van der Waals surface area contributed by atoms with E-state index < -0.39 is 0 Å². The van der Waals surface area contributed by atoms with Gasteiger partial charge in [0.2, 0.25) is 0 Å². The third kappa shape index (κ3) is 4.09. The Labute approximate surface area is 354 Å². The van der Waals surface area contributed by atoms with Gasteiger partial charge in [-0.3, -0.25) is 0 Å². The molecule has 5 aliphatic heterocycles. The number of para-hydroxylation sites is 1. The number of fused-ring (bicyclic) bond motifs is 12. The standard InChI is InChI=1S/C55H62BN3/c1-33-19-23-42-38(29-33)51(6,7)39-30-34(2)20-24-43(39)57(42)35-31-44-47-45(32-35)59-49-41(22-21-36(50(3,4)5)46(49)53(9)26-13-15-28-55(53,59)11)56(47)40-18-16-17-37-48(40)58(44)54(10)27-14-12-25-52(37,54)8/h16-24,29-32H,12-15,25-28H2,1-11H3. The van der Waals surface area contributed by atoms with Crippen molar-refractivity contribution in [1.29, 1.82) is 0 Å². The first kappa shape index (κ1) is 36.4. The third-order valence-electron chi connectivity index (χ3n) is 18.1. The molecule has 4 heteroatoms. The molecule has 5 aromatic rings. The Hall–Kier alpha value is -4.44. The number of nitrogens with zero attached hydrogens (tertiary/aromatic N) is 3. The summed E-state index contributed by atoms with van der Waals surface area (Å²) >= 11 is 0. The SMILES string of the molecule is Cc1ccc2c(c1)C(C)(C)c1cc(C)ccc1N2c1cc2c3c(c1)N1c4c(ccc(C(C)(C)C)c4C4(C)CCCCC14C)B3c1cccc3c1N2C1(C)CCCCC31C. The molecule has 300 valence electrons. The summed E-state index contributed by atoms with van der Waals surface area (Å²) in [6.45, 7) is 27.5. The Morgan fingerprint density at radius 2 is 1.08 bits per heavy atom. The van der Waals surface area contributed by atoms with Gasteiger partial charge in [-0.25, -0.2) is 0 Å². The summed E-state index contributed by atoms with van der Waals surface area (Å²) in [5, 5.41) is 0. The van der Waals surface area contributed by atoms with Crippen LogP contribution in [-0.2, 0) is 21.7 Å². The topological polar surface area (TPSA) is 9.72 Å². The molecule has 2 aliphatic carbocycles. The predicted octanol–water partition coefficient (Wildman–Crippen LogP) is 12.3. The lowest BCUT2D eigenvalue weighted by molar-refractivity contribution is 0.193. The zero-order valence-corrected chi connectivity index (χ0v) is 37.6. The first-order valence-electron chi connectivity index (χ1n) is 23.1. The maximum atomic E-state index is 2.97. The van der Waals surface area contributed by atoms with Gasteiger partial charge in [0.05, 0.1) is 28.1 Å². The normalized spacial score (nSPS) is 28.7. The Morgan fingerprint density at radius 1 is 0.542 bits per heavy atom. The second kappa shape index (κ2) is 11.1. The molecule has 0 saturated heterocycles. The van der Waals surface area contributed by atoms with Gasteiger partial charge in [0.15, 0.2) is 0 Å². The van der Waals surface area contributed by atoms with Crippen LogP contribution in [-0.4, -0.2) is 17.8 Å². The first-order valence-corrected chi connectivity index (χ1v) is 23.1. The molecule has 5 aromatic carbocycles. The minimum absolute atomic E-state index is 0.0230. The molecule has 4 atom stereocenters. The molecular weight excluding hydrogens is 713 g/mol. The average Bonchev–Trinajstić information content (AvgIpc) is 3.55. The highest BCUT2D eigenvalue weighted by atomic mass is 15.3. The number of anilines is 7. The number of hydrogen-bond donors (Lipinski definition) is 0. The van der Waals surface area contributed by atoms with Crippen LogP contribution in [0.25, 0.3) is 0 Å². The van der Waals surface area contributed by atoms with Crippen molar-refractivity contribution in [3.63, 3.8) is 0 Å². The number of aryl methyl sites for hydroxylation is 2. The molecule has 5 heterocycles. The van der Waals surface area contributed by atoms with E-state index in [2.05, 4.69) is 170 Å². The van der Waals surface area contributed by atoms with Gasteiger partial charge in [0.1, 0.15) is 0 Å². The highest BCUT2D eigenvalue weighted by Crippen LogP contribution is 2.66. The average molecular weight is 776 g/mol. The smallest absolute Gasteiger partial charge is 0.252 e. The van der Waals surface area contributed by atoms with Gasteiger partial charge in [-0.15, -0.1) is 0 Å². The Bertz CT molecular complexity index is 2660. The van der Waals surface area contributed by atoms with Crippen LogP contribution in [0.15, 0.2) is 78.9 Å². The van der Waals surface area contributed by atoms with Crippen molar-refractivity contribution in [3.05, 3.63) is 118 Å². The molecule has 0 radical (unpaired) electrons. The molecule has 12 rings (SSSR count). The molecule has 59 heavy (non-hydrogen) atoms. The van der Waals surface area contributed by atoms with Gasteiger partial charge in [0, 0.05) is 39.0 Å². The molecule has 7 aliphatic rings. The third-order valence-corrected chi connectivity index (χ3v) is 18.1. The van der Waals surface area contributed by atoms with Gasteiger partial charge in [-0.1, -0.05) is 140 Å². The zero-order chi connectivity index (χ0) is 41.0. The van der Waals surface area contributed by atoms with Crippen molar-refractivity contribution in [2.75, 3.05) is 14.7 Å². The lowest BCUT2D eigenvalue weighted by atomic mass is 9.33. The Morgan fingerprint density at radius 3 is 1.69 bits per heavy atom. The van der Waals surface area contributed by atoms with E-state index in [1.54, 1.807) is 16.7 Å². The minimum atomic E-state index is -0.128. The van der Waals surface area contributed by atoms with Crippen LogP contribution >= 0.6 is 0 Å². The second-order valence-corrected chi connectivity index (χ2v) is 22.5. The lowest BCUT2D eigenvalue weighted by Gasteiger charge is -2.55. The Balaban J connectivity index is 1.24. The summed E-state index contributed by atoms with van der Waals surface area (Å²) in [6, 6.07) is 32.4. The molecule has 0 N–H and O–H groups in total. The van der Waals surface area contributed by atoms with Gasteiger partial charge >= 0.3 is 0 Å². The van der Waals surface area contributed by atoms with Crippen LogP contribution < -0.4 is 31.1 Å². The summed E-state index contributed by atoms with van der Waals surface area (Å²) in [6.07, 6.45) is 10.0. The maximum absolute atomic E-state index is 2.97. The van der Waals surface area contributed by atoms with E-state index in [0.29, 0.717) is 0 Å². The summed E-state index contributed by atoms with van der Waals surface area (Å²) < 4.78 is 0.